The van der Waals surface area contributed by atoms with Crippen LogP contribution in [0.3, 0.4) is 0 Å². The fraction of sp³-hybridized carbons (Fsp3) is 0.417. The molecular weight excluding hydrogens is 384 g/mol. The number of nitrogens with two attached hydrogens (primary N) is 1. The average Bonchev–Trinajstić information content (AvgIpc) is 2.84. The standard InChI is InChI=1S/C12H15BrN2O4S.ClH/c1-19-12(16)8-2-3-11(10(13)6-8)20(17,18)15-5-4-9(14)7-15;/h2-3,6,9H,4-5,7,14H2,1H3;1H/t9-;/m1./s1. The highest BCUT2D eigenvalue weighted by atomic mass is 79.9. The minimum absolute atomic E-state index is 0. The number of rotatable bonds is 3. The van der Waals surface area contributed by atoms with E-state index in [1.54, 1.807) is 0 Å². The van der Waals surface area contributed by atoms with E-state index in [1.807, 2.05) is 0 Å². The van der Waals surface area contributed by atoms with E-state index in [0.29, 0.717) is 24.0 Å². The summed E-state index contributed by atoms with van der Waals surface area (Å²) in [5, 5.41) is 0. The number of carbonyl (C=O) groups is 1. The number of benzene rings is 1. The number of nitrogens with zero attached hydrogens (tertiary/aromatic N) is 1. The molecule has 0 saturated carbocycles. The van der Waals surface area contributed by atoms with E-state index in [9.17, 15) is 13.2 Å². The van der Waals surface area contributed by atoms with Gasteiger partial charge in [0.2, 0.25) is 10.0 Å². The second-order valence-corrected chi connectivity index (χ2v) is 7.31. The Morgan fingerprint density at radius 1 is 1.48 bits per heavy atom. The third-order valence-corrected chi connectivity index (χ3v) is 6.00. The van der Waals surface area contributed by atoms with Gasteiger partial charge in [-0.2, -0.15) is 4.31 Å². The lowest BCUT2D eigenvalue weighted by Gasteiger charge is -2.17. The molecule has 2 rings (SSSR count). The number of sulfonamides is 1. The Bertz CT molecular complexity index is 638. The molecule has 1 atom stereocenters. The van der Waals surface area contributed by atoms with E-state index in [0.717, 1.165) is 0 Å². The summed E-state index contributed by atoms with van der Waals surface area (Å²) < 4.78 is 31.2. The first-order chi connectivity index (χ1) is 9.36. The van der Waals surface area contributed by atoms with Gasteiger partial charge < -0.3 is 10.5 Å². The van der Waals surface area contributed by atoms with Gasteiger partial charge in [0.05, 0.1) is 17.6 Å². The number of esters is 1. The van der Waals surface area contributed by atoms with Gasteiger partial charge in [0.1, 0.15) is 0 Å². The van der Waals surface area contributed by atoms with Crippen molar-refractivity contribution < 1.29 is 17.9 Å². The lowest BCUT2D eigenvalue weighted by atomic mass is 10.2. The fourth-order valence-corrected chi connectivity index (χ4v) is 4.62. The van der Waals surface area contributed by atoms with E-state index >= 15 is 0 Å². The molecule has 0 aromatic heterocycles. The number of hydrogen-bond acceptors (Lipinski definition) is 5. The maximum Gasteiger partial charge on any atom is 0.337 e. The second-order valence-electron chi connectivity index (χ2n) is 4.55. The van der Waals surface area contributed by atoms with Crippen LogP contribution < -0.4 is 5.73 Å². The van der Waals surface area contributed by atoms with Gasteiger partial charge in [0.25, 0.3) is 0 Å². The monoisotopic (exact) mass is 398 g/mol. The van der Waals surface area contributed by atoms with Crippen molar-refractivity contribution in [3.8, 4) is 0 Å². The van der Waals surface area contributed by atoms with Crippen LogP contribution in [0.25, 0.3) is 0 Å². The van der Waals surface area contributed by atoms with Gasteiger partial charge in [0, 0.05) is 23.6 Å². The average molecular weight is 400 g/mol. The van der Waals surface area contributed by atoms with Crippen LogP contribution in [0.5, 0.6) is 0 Å². The van der Waals surface area contributed by atoms with Crippen molar-refractivity contribution in [2.24, 2.45) is 5.73 Å². The van der Waals surface area contributed by atoms with Crippen molar-refractivity contribution in [2.45, 2.75) is 17.4 Å². The molecule has 118 valence electrons. The highest BCUT2D eigenvalue weighted by molar-refractivity contribution is 9.10. The van der Waals surface area contributed by atoms with Crippen LogP contribution in [-0.2, 0) is 14.8 Å². The first-order valence-electron chi connectivity index (χ1n) is 6.00. The molecule has 0 amide bonds. The summed E-state index contributed by atoms with van der Waals surface area (Å²) in [5.74, 6) is -0.516. The number of methoxy groups -OCH3 is 1. The SMILES string of the molecule is COC(=O)c1ccc(S(=O)(=O)N2CC[C@@H](N)C2)c(Br)c1.Cl. The van der Waals surface area contributed by atoms with Crippen LogP contribution in [0.4, 0.5) is 0 Å². The first-order valence-corrected chi connectivity index (χ1v) is 8.23. The Morgan fingerprint density at radius 2 is 2.14 bits per heavy atom. The zero-order chi connectivity index (χ0) is 14.9. The minimum atomic E-state index is -3.60. The largest absolute Gasteiger partial charge is 0.465 e. The van der Waals surface area contributed by atoms with Crippen molar-refractivity contribution in [3.63, 3.8) is 0 Å². The van der Waals surface area contributed by atoms with Crippen LogP contribution in [0.2, 0.25) is 0 Å². The predicted molar refractivity (Wildman–Crippen MR) is 84.1 cm³/mol. The molecule has 1 aliphatic rings. The summed E-state index contributed by atoms with van der Waals surface area (Å²) in [6.07, 6.45) is 0.650. The molecule has 1 aromatic carbocycles. The van der Waals surface area contributed by atoms with E-state index < -0.39 is 16.0 Å². The van der Waals surface area contributed by atoms with E-state index in [1.165, 1.54) is 29.6 Å². The van der Waals surface area contributed by atoms with Gasteiger partial charge in [0.15, 0.2) is 0 Å². The summed E-state index contributed by atoms with van der Waals surface area (Å²) in [7, 11) is -2.33. The predicted octanol–water partition coefficient (Wildman–Crippen LogP) is 1.38. The minimum Gasteiger partial charge on any atom is -0.465 e. The molecule has 9 heteroatoms. The highest BCUT2D eigenvalue weighted by Crippen LogP contribution is 2.28. The summed E-state index contributed by atoms with van der Waals surface area (Å²) in [5.41, 5.74) is 6.03. The van der Waals surface area contributed by atoms with Crippen molar-refractivity contribution in [3.05, 3.63) is 28.2 Å². The molecule has 1 saturated heterocycles. The number of halogens is 2. The van der Waals surface area contributed by atoms with E-state index in [4.69, 9.17) is 5.73 Å². The molecule has 1 heterocycles. The Balaban J connectivity index is 0.00000220. The number of hydrogen-bond donors (Lipinski definition) is 1. The van der Waals surface area contributed by atoms with Crippen molar-refractivity contribution >= 4 is 44.3 Å². The Labute approximate surface area is 138 Å². The maximum atomic E-state index is 12.5. The molecule has 0 aliphatic carbocycles. The maximum absolute atomic E-state index is 12.5. The Morgan fingerprint density at radius 3 is 2.62 bits per heavy atom. The van der Waals surface area contributed by atoms with Gasteiger partial charge in [-0.05, 0) is 40.5 Å². The van der Waals surface area contributed by atoms with Crippen LogP contribution in [0.15, 0.2) is 27.6 Å². The van der Waals surface area contributed by atoms with Gasteiger partial charge >= 0.3 is 5.97 Å². The van der Waals surface area contributed by atoms with Crippen molar-refractivity contribution in [2.75, 3.05) is 20.2 Å². The molecule has 0 spiro atoms. The van der Waals surface area contributed by atoms with Crippen LogP contribution in [0.1, 0.15) is 16.8 Å². The zero-order valence-corrected chi connectivity index (χ0v) is 14.5. The molecule has 0 unspecified atom stereocenters. The van der Waals surface area contributed by atoms with Gasteiger partial charge in [-0.25, -0.2) is 13.2 Å². The van der Waals surface area contributed by atoms with Gasteiger partial charge in [-0.3, -0.25) is 0 Å². The van der Waals surface area contributed by atoms with Gasteiger partial charge in [-0.15, -0.1) is 12.4 Å². The third-order valence-electron chi connectivity index (χ3n) is 3.16. The topological polar surface area (TPSA) is 89.7 Å². The summed E-state index contributed by atoms with van der Waals surface area (Å²) in [6, 6.07) is 4.14. The quantitative estimate of drug-likeness (QED) is 0.776. The van der Waals surface area contributed by atoms with Crippen molar-refractivity contribution in [1.29, 1.82) is 0 Å². The molecule has 2 N–H and O–H groups in total. The van der Waals surface area contributed by atoms with E-state index in [2.05, 4.69) is 20.7 Å². The molecule has 6 nitrogen and oxygen atoms in total. The first kappa shape index (κ1) is 18.4. The smallest absolute Gasteiger partial charge is 0.337 e. The normalized spacial score (nSPS) is 19.1. The Kier molecular flexibility index (Phi) is 6.18. The third kappa shape index (κ3) is 3.75. The molecule has 21 heavy (non-hydrogen) atoms. The Hall–Kier alpha value is -0.670. The summed E-state index contributed by atoms with van der Waals surface area (Å²) in [4.78, 5) is 11.5. The van der Waals surface area contributed by atoms with Gasteiger partial charge in [-0.1, -0.05) is 0 Å². The highest BCUT2D eigenvalue weighted by Gasteiger charge is 2.32. The molecule has 1 aliphatic heterocycles. The zero-order valence-electron chi connectivity index (χ0n) is 11.3. The lowest BCUT2D eigenvalue weighted by Crippen LogP contribution is -2.32. The summed E-state index contributed by atoms with van der Waals surface area (Å²) >= 11 is 3.20. The van der Waals surface area contributed by atoms with Crippen molar-refractivity contribution in [1.82, 2.24) is 4.31 Å². The van der Waals surface area contributed by atoms with Crippen LogP contribution in [0, 0.1) is 0 Å². The van der Waals surface area contributed by atoms with E-state index in [-0.39, 0.29) is 28.9 Å². The van der Waals surface area contributed by atoms with Crippen LogP contribution in [-0.4, -0.2) is 44.9 Å². The molecule has 1 fully saturated rings. The fourth-order valence-electron chi connectivity index (χ4n) is 2.07. The van der Waals surface area contributed by atoms with Crippen LogP contribution >= 0.6 is 28.3 Å². The molecule has 1 aromatic rings. The number of ether oxygens (including phenoxy) is 1. The molecule has 0 bridgehead atoms. The molecular formula is C12H16BrClN2O4S. The summed E-state index contributed by atoms with van der Waals surface area (Å²) in [6.45, 7) is 0.724. The second kappa shape index (κ2) is 7.06. The molecule has 0 radical (unpaired) electrons. The number of carbonyl (C=O) groups excluding carboxylic acids is 1. The lowest BCUT2D eigenvalue weighted by molar-refractivity contribution is 0.0600.